The molecule has 8 heteroatoms. The van der Waals surface area contributed by atoms with Crippen LogP contribution in [0.15, 0.2) is 24.5 Å². The van der Waals surface area contributed by atoms with Gasteiger partial charge in [0.05, 0.1) is 26.0 Å². The van der Waals surface area contributed by atoms with Crippen molar-refractivity contribution in [2.45, 2.75) is 31.8 Å². The van der Waals surface area contributed by atoms with Gasteiger partial charge in [-0.25, -0.2) is 9.97 Å². The molecule has 0 aromatic carbocycles. The van der Waals surface area contributed by atoms with Crippen molar-refractivity contribution in [1.82, 2.24) is 15.0 Å². The van der Waals surface area contributed by atoms with Gasteiger partial charge in [0, 0.05) is 12.3 Å². The molecular weight excluding hydrogens is 324 g/mol. The zero-order valence-electron chi connectivity index (χ0n) is 14.2. The minimum Gasteiger partial charge on any atom is -0.479 e. The van der Waals surface area contributed by atoms with Gasteiger partial charge in [0.1, 0.15) is 11.8 Å². The maximum absolute atomic E-state index is 12.4. The van der Waals surface area contributed by atoms with Crippen LogP contribution in [0.3, 0.4) is 0 Å². The summed E-state index contributed by atoms with van der Waals surface area (Å²) in [5.41, 5.74) is 0.747. The van der Waals surface area contributed by atoms with Gasteiger partial charge in [0.15, 0.2) is 0 Å². The summed E-state index contributed by atoms with van der Waals surface area (Å²) in [6, 6.07) is 3.53. The number of nitrogens with zero attached hydrogens (tertiary/aromatic N) is 3. The van der Waals surface area contributed by atoms with Crippen LogP contribution in [-0.4, -0.2) is 41.2 Å². The molecule has 0 saturated heterocycles. The van der Waals surface area contributed by atoms with Crippen molar-refractivity contribution in [3.05, 3.63) is 30.1 Å². The Hall–Kier alpha value is -2.90. The molecule has 8 nitrogen and oxygen atoms in total. The minimum atomic E-state index is -0.341. The van der Waals surface area contributed by atoms with Gasteiger partial charge < -0.3 is 19.5 Å². The number of methoxy groups -OCH3 is 2. The van der Waals surface area contributed by atoms with Crippen molar-refractivity contribution < 1.29 is 19.0 Å². The second-order valence-electron chi connectivity index (χ2n) is 5.64. The Balaban J connectivity index is 1.66. The molecule has 0 radical (unpaired) electrons. The largest absolute Gasteiger partial charge is 0.479 e. The SMILES string of the molecule is COc1ncc(NC(=O)c2ccc(OC3CCCC3)nc2)c(OC)n1. The summed E-state index contributed by atoms with van der Waals surface area (Å²) < 4.78 is 15.9. The number of ether oxygens (including phenoxy) is 3. The average molecular weight is 344 g/mol. The molecule has 1 aliphatic rings. The summed E-state index contributed by atoms with van der Waals surface area (Å²) in [6.07, 6.45) is 7.63. The van der Waals surface area contributed by atoms with Crippen molar-refractivity contribution in [2.75, 3.05) is 19.5 Å². The van der Waals surface area contributed by atoms with Crippen LogP contribution in [0.4, 0.5) is 5.69 Å². The zero-order valence-corrected chi connectivity index (χ0v) is 14.2. The third-order valence-electron chi connectivity index (χ3n) is 3.94. The number of amides is 1. The Bertz CT molecular complexity index is 730. The van der Waals surface area contributed by atoms with Gasteiger partial charge in [-0.1, -0.05) is 0 Å². The molecule has 2 aromatic heterocycles. The molecule has 0 aliphatic heterocycles. The monoisotopic (exact) mass is 344 g/mol. The Morgan fingerprint density at radius 2 is 1.92 bits per heavy atom. The van der Waals surface area contributed by atoms with Gasteiger partial charge in [0.25, 0.3) is 5.91 Å². The van der Waals surface area contributed by atoms with Gasteiger partial charge in [-0.2, -0.15) is 4.98 Å². The first kappa shape index (κ1) is 16.9. The number of carbonyl (C=O) groups is 1. The molecule has 25 heavy (non-hydrogen) atoms. The van der Waals surface area contributed by atoms with Gasteiger partial charge in [-0.3, -0.25) is 4.79 Å². The molecule has 0 unspecified atom stereocenters. The minimum absolute atomic E-state index is 0.157. The van der Waals surface area contributed by atoms with Crippen molar-refractivity contribution in [2.24, 2.45) is 0 Å². The van der Waals surface area contributed by atoms with Gasteiger partial charge in [0.2, 0.25) is 11.8 Å². The Morgan fingerprint density at radius 3 is 2.56 bits per heavy atom. The first-order valence-electron chi connectivity index (χ1n) is 8.08. The number of hydrogen-bond donors (Lipinski definition) is 1. The van der Waals surface area contributed by atoms with E-state index >= 15 is 0 Å². The number of carbonyl (C=O) groups excluding carboxylic acids is 1. The second-order valence-corrected chi connectivity index (χ2v) is 5.64. The number of pyridine rings is 1. The van der Waals surface area contributed by atoms with E-state index in [0.29, 0.717) is 17.1 Å². The van der Waals surface area contributed by atoms with Gasteiger partial charge in [-0.05, 0) is 31.7 Å². The molecular formula is C17H20N4O4. The highest BCUT2D eigenvalue weighted by molar-refractivity contribution is 6.04. The smallest absolute Gasteiger partial charge is 0.319 e. The van der Waals surface area contributed by atoms with Crippen LogP contribution in [0, 0.1) is 0 Å². The van der Waals surface area contributed by atoms with Crippen LogP contribution in [-0.2, 0) is 0 Å². The van der Waals surface area contributed by atoms with Crippen molar-refractivity contribution in [1.29, 1.82) is 0 Å². The normalized spacial score (nSPS) is 14.2. The van der Waals surface area contributed by atoms with Gasteiger partial charge in [-0.15, -0.1) is 0 Å². The summed E-state index contributed by atoms with van der Waals surface area (Å²) in [6.45, 7) is 0. The Kier molecular flexibility index (Phi) is 5.27. The van der Waals surface area contributed by atoms with E-state index in [-0.39, 0.29) is 23.9 Å². The van der Waals surface area contributed by atoms with E-state index < -0.39 is 0 Å². The number of anilines is 1. The molecule has 1 aliphatic carbocycles. The molecule has 1 N–H and O–H groups in total. The standard InChI is InChI=1S/C17H20N4O4/c1-23-16-13(10-19-17(21-16)24-2)20-15(22)11-7-8-14(18-9-11)25-12-5-3-4-6-12/h7-10,12H,3-6H2,1-2H3,(H,20,22). The Labute approximate surface area is 145 Å². The summed E-state index contributed by atoms with van der Waals surface area (Å²) in [7, 11) is 2.90. The maximum Gasteiger partial charge on any atom is 0.319 e. The zero-order chi connectivity index (χ0) is 17.6. The summed E-state index contributed by atoms with van der Waals surface area (Å²) >= 11 is 0. The first-order chi connectivity index (χ1) is 12.2. The van der Waals surface area contributed by atoms with E-state index in [4.69, 9.17) is 14.2 Å². The average Bonchev–Trinajstić information content (AvgIpc) is 3.15. The van der Waals surface area contributed by atoms with Crippen LogP contribution >= 0.6 is 0 Å². The molecule has 1 saturated carbocycles. The number of rotatable bonds is 6. The summed E-state index contributed by atoms with van der Waals surface area (Å²) in [4.78, 5) is 24.5. The molecule has 0 spiro atoms. The van der Waals surface area contributed by atoms with Gasteiger partial charge >= 0.3 is 6.01 Å². The highest BCUT2D eigenvalue weighted by Crippen LogP contribution is 2.24. The summed E-state index contributed by atoms with van der Waals surface area (Å²) in [5, 5.41) is 2.70. The van der Waals surface area contributed by atoms with Crippen LogP contribution in [0.5, 0.6) is 17.8 Å². The van der Waals surface area contributed by atoms with E-state index in [1.165, 1.54) is 39.5 Å². The lowest BCUT2D eigenvalue weighted by Gasteiger charge is -2.12. The predicted octanol–water partition coefficient (Wildman–Crippen LogP) is 2.46. The molecule has 132 valence electrons. The molecule has 2 heterocycles. The lowest BCUT2D eigenvalue weighted by atomic mass is 10.2. The van der Waals surface area contributed by atoms with Crippen molar-refractivity contribution in [3.8, 4) is 17.8 Å². The van der Waals surface area contributed by atoms with Crippen LogP contribution in [0.2, 0.25) is 0 Å². The van der Waals surface area contributed by atoms with Crippen molar-refractivity contribution in [3.63, 3.8) is 0 Å². The lowest BCUT2D eigenvalue weighted by Crippen LogP contribution is -2.15. The molecule has 2 aromatic rings. The van der Waals surface area contributed by atoms with E-state index in [1.807, 2.05) is 0 Å². The third-order valence-corrected chi connectivity index (χ3v) is 3.94. The Morgan fingerprint density at radius 1 is 1.12 bits per heavy atom. The number of hydrogen-bond acceptors (Lipinski definition) is 7. The predicted molar refractivity (Wildman–Crippen MR) is 90.2 cm³/mol. The van der Waals surface area contributed by atoms with Crippen LogP contribution in [0.25, 0.3) is 0 Å². The molecule has 0 atom stereocenters. The fourth-order valence-electron chi connectivity index (χ4n) is 2.65. The van der Waals surface area contributed by atoms with E-state index in [2.05, 4.69) is 20.3 Å². The fraction of sp³-hybridized carbons (Fsp3) is 0.412. The molecule has 1 fully saturated rings. The molecule has 1 amide bonds. The lowest BCUT2D eigenvalue weighted by molar-refractivity contribution is 0.102. The fourth-order valence-corrected chi connectivity index (χ4v) is 2.65. The third kappa shape index (κ3) is 4.14. The number of nitrogens with one attached hydrogen (secondary N) is 1. The topological polar surface area (TPSA) is 95.5 Å². The van der Waals surface area contributed by atoms with E-state index in [1.54, 1.807) is 12.1 Å². The quantitative estimate of drug-likeness (QED) is 0.860. The maximum atomic E-state index is 12.4. The van der Waals surface area contributed by atoms with E-state index in [0.717, 1.165) is 12.8 Å². The number of aromatic nitrogens is 3. The van der Waals surface area contributed by atoms with E-state index in [9.17, 15) is 4.79 Å². The van der Waals surface area contributed by atoms with Crippen LogP contribution in [0.1, 0.15) is 36.0 Å². The second kappa shape index (κ2) is 7.78. The summed E-state index contributed by atoms with van der Waals surface area (Å²) in [5.74, 6) is 0.412. The highest BCUT2D eigenvalue weighted by Gasteiger charge is 2.17. The first-order valence-corrected chi connectivity index (χ1v) is 8.08. The van der Waals surface area contributed by atoms with Crippen LogP contribution < -0.4 is 19.5 Å². The molecule has 3 rings (SSSR count). The molecule has 0 bridgehead atoms. The van der Waals surface area contributed by atoms with Crippen molar-refractivity contribution >= 4 is 11.6 Å². The highest BCUT2D eigenvalue weighted by atomic mass is 16.5.